The van der Waals surface area contributed by atoms with E-state index in [9.17, 15) is 0 Å². The zero-order valence-corrected chi connectivity index (χ0v) is 14.8. The number of rotatable bonds is 6. The van der Waals surface area contributed by atoms with E-state index in [1.54, 1.807) is 14.2 Å². The van der Waals surface area contributed by atoms with Crippen molar-refractivity contribution in [1.82, 2.24) is 14.9 Å². The van der Waals surface area contributed by atoms with Crippen molar-refractivity contribution in [2.24, 2.45) is 0 Å². The van der Waals surface area contributed by atoms with Crippen molar-refractivity contribution in [2.75, 3.05) is 58.5 Å². The Labute approximate surface area is 143 Å². The van der Waals surface area contributed by atoms with Gasteiger partial charge in [-0.1, -0.05) is 0 Å². The molecule has 0 unspecified atom stereocenters. The van der Waals surface area contributed by atoms with Crippen molar-refractivity contribution >= 4 is 16.9 Å². The fourth-order valence-electron chi connectivity index (χ4n) is 3.13. The van der Waals surface area contributed by atoms with E-state index in [0.29, 0.717) is 0 Å². The van der Waals surface area contributed by atoms with Crippen LogP contribution in [0.15, 0.2) is 18.2 Å². The van der Waals surface area contributed by atoms with Crippen LogP contribution in [0.1, 0.15) is 12.1 Å². The first-order chi connectivity index (χ1) is 11.7. The van der Waals surface area contributed by atoms with Crippen LogP contribution in [0.25, 0.3) is 10.9 Å². The number of benzene rings is 1. The van der Waals surface area contributed by atoms with Gasteiger partial charge in [-0.25, -0.2) is 9.97 Å². The van der Waals surface area contributed by atoms with Crippen molar-refractivity contribution < 1.29 is 9.47 Å². The van der Waals surface area contributed by atoms with E-state index >= 15 is 0 Å². The molecule has 1 fully saturated rings. The molecule has 0 aliphatic carbocycles. The molecular weight excluding hydrogens is 304 g/mol. The van der Waals surface area contributed by atoms with Crippen LogP contribution in [-0.2, 0) is 4.74 Å². The van der Waals surface area contributed by atoms with Gasteiger partial charge in [-0.3, -0.25) is 4.90 Å². The molecule has 1 aromatic heterocycles. The molecule has 1 saturated heterocycles. The number of methoxy groups -OCH3 is 2. The molecule has 2 aromatic rings. The van der Waals surface area contributed by atoms with Gasteiger partial charge in [0, 0.05) is 57.9 Å². The highest BCUT2D eigenvalue weighted by Gasteiger charge is 2.19. The SMILES string of the molecule is COCCCN1CCN(c2nc(C)c3ccc(OC)cc3n2)CC1. The summed E-state index contributed by atoms with van der Waals surface area (Å²) in [5.41, 5.74) is 1.96. The third kappa shape index (κ3) is 3.76. The van der Waals surface area contributed by atoms with Crippen molar-refractivity contribution in [3.8, 4) is 5.75 Å². The first kappa shape index (κ1) is 16.9. The van der Waals surface area contributed by atoms with E-state index in [1.165, 1.54) is 0 Å². The van der Waals surface area contributed by atoms with Gasteiger partial charge in [-0.2, -0.15) is 0 Å². The number of aryl methyl sites for hydroxylation is 1. The molecule has 0 N–H and O–H groups in total. The van der Waals surface area contributed by atoms with Crippen LogP contribution in [0.5, 0.6) is 5.75 Å². The first-order valence-electron chi connectivity index (χ1n) is 8.50. The van der Waals surface area contributed by atoms with Crippen LogP contribution in [0, 0.1) is 6.92 Å². The third-order valence-electron chi connectivity index (χ3n) is 4.56. The molecule has 1 aromatic carbocycles. The Morgan fingerprint density at radius 1 is 1.08 bits per heavy atom. The Hall–Kier alpha value is -1.92. The number of ether oxygens (including phenoxy) is 2. The number of piperazine rings is 1. The van der Waals surface area contributed by atoms with Gasteiger partial charge < -0.3 is 14.4 Å². The standard InChI is InChI=1S/C18H26N4O2/c1-14-16-6-5-15(24-3)13-17(16)20-18(19-14)22-10-8-21(9-11-22)7-4-12-23-2/h5-6,13H,4,7-12H2,1-3H3. The van der Waals surface area contributed by atoms with Crippen molar-refractivity contribution in [1.29, 1.82) is 0 Å². The van der Waals surface area contributed by atoms with E-state index in [-0.39, 0.29) is 0 Å². The van der Waals surface area contributed by atoms with Crippen molar-refractivity contribution in [2.45, 2.75) is 13.3 Å². The summed E-state index contributed by atoms with van der Waals surface area (Å²) in [5.74, 6) is 1.65. The summed E-state index contributed by atoms with van der Waals surface area (Å²) < 4.78 is 10.4. The Morgan fingerprint density at radius 2 is 1.88 bits per heavy atom. The molecule has 0 radical (unpaired) electrons. The van der Waals surface area contributed by atoms with E-state index in [2.05, 4.69) is 9.80 Å². The second kappa shape index (κ2) is 7.77. The topological polar surface area (TPSA) is 50.7 Å². The zero-order chi connectivity index (χ0) is 16.9. The van der Waals surface area contributed by atoms with Crippen LogP contribution >= 0.6 is 0 Å². The minimum Gasteiger partial charge on any atom is -0.497 e. The minimum atomic E-state index is 0.824. The monoisotopic (exact) mass is 330 g/mol. The summed E-state index contributed by atoms with van der Waals surface area (Å²) in [6.45, 7) is 7.97. The van der Waals surface area contributed by atoms with Crippen LogP contribution < -0.4 is 9.64 Å². The average Bonchev–Trinajstić information content (AvgIpc) is 2.62. The van der Waals surface area contributed by atoms with Crippen LogP contribution in [-0.4, -0.2) is 68.4 Å². The number of fused-ring (bicyclic) bond motifs is 1. The van der Waals surface area contributed by atoms with E-state index in [1.807, 2.05) is 25.1 Å². The van der Waals surface area contributed by atoms with Crippen LogP contribution in [0.2, 0.25) is 0 Å². The molecule has 6 nitrogen and oxygen atoms in total. The molecule has 3 rings (SSSR count). The molecule has 130 valence electrons. The number of nitrogens with zero attached hydrogens (tertiary/aromatic N) is 4. The number of hydrogen-bond acceptors (Lipinski definition) is 6. The van der Waals surface area contributed by atoms with Crippen LogP contribution in [0.3, 0.4) is 0 Å². The minimum absolute atomic E-state index is 0.824. The molecule has 6 heteroatoms. The van der Waals surface area contributed by atoms with Crippen LogP contribution in [0.4, 0.5) is 5.95 Å². The second-order valence-corrected chi connectivity index (χ2v) is 6.17. The molecule has 0 atom stereocenters. The van der Waals surface area contributed by atoms with Crippen molar-refractivity contribution in [3.05, 3.63) is 23.9 Å². The average molecular weight is 330 g/mol. The Bertz CT molecular complexity index is 684. The van der Waals surface area contributed by atoms with E-state index < -0.39 is 0 Å². The smallest absolute Gasteiger partial charge is 0.226 e. The lowest BCUT2D eigenvalue weighted by Gasteiger charge is -2.34. The summed E-state index contributed by atoms with van der Waals surface area (Å²) in [4.78, 5) is 14.2. The summed E-state index contributed by atoms with van der Waals surface area (Å²) in [7, 11) is 3.44. The molecule has 0 bridgehead atoms. The Morgan fingerprint density at radius 3 is 2.58 bits per heavy atom. The molecule has 0 amide bonds. The van der Waals surface area contributed by atoms with Crippen molar-refractivity contribution in [3.63, 3.8) is 0 Å². The van der Waals surface area contributed by atoms with Gasteiger partial charge >= 0.3 is 0 Å². The highest BCUT2D eigenvalue weighted by Crippen LogP contribution is 2.24. The zero-order valence-electron chi connectivity index (χ0n) is 14.8. The third-order valence-corrected chi connectivity index (χ3v) is 4.56. The Balaban J connectivity index is 1.71. The highest BCUT2D eigenvalue weighted by atomic mass is 16.5. The fourth-order valence-corrected chi connectivity index (χ4v) is 3.13. The second-order valence-electron chi connectivity index (χ2n) is 6.17. The molecule has 0 spiro atoms. The summed E-state index contributed by atoms with van der Waals surface area (Å²) >= 11 is 0. The molecule has 2 heterocycles. The summed E-state index contributed by atoms with van der Waals surface area (Å²) in [6, 6.07) is 5.96. The first-order valence-corrected chi connectivity index (χ1v) is 8.50. The van der Waals surface area contributed by atoms with Gasteiger partial charge in [0.15, 0.2) is 0 Å². The van der Waals surface area contributed by atoms with Gasteiger partial charge in [-0.05, 0) is 25.5 Å². The largest absolute Gasteiger partial charge is 0.497 e. The molecule has 1 aliphatic heterocycles. The van der Waals surface area contributed by atoms with E-state index in [4.69, 9.17) is 19.4 Å². The maximum absolute atomic E-state index is 5.32. The predicted octanol–water partition coefficient (Wildman–Crippen LogP) is 2.11. The van der Waals surface area contributed by atoms with Gasteiger partial charge in [0.2, 0.25) is 5.95 Å². The molecule has 1 aliphatic rings. The maximum Gasteiger partial charge on any atom is 0.226 e. The highest BCUT2D eigenvalue weighted by molar-refractivity contribution is 5.83. The number of aromatic nitrogens is 2. The van der Waals surface area contributed by atoms with Gasteiger partial charge in [0.1, 0.15) is 5.75 Å². The lowest BCUT2D eigenvalue weighted by atomic mass is 10.2. The predicted molar refractivity (Wildman–Crippen MR) is 96.0 cm³/mol. The number of hydrogen-bond donors (Lipinski definition) is 0. The molecule has 0 saturated carbocycles. The van der Waals surface area contributed by atoms with Gasteiger partial charge in [-0.15, -0.1) is 0 Å². The number of anilines is 1. The van der Waals surface area contributed by atoms with E-state index in [0.717, 1.165) is 74.0 Å². The fraction of sp³-hybridized carbons (Fsp3) is 0.556. The lowest BCUT2D eigenvalue weighted by molar-refractivity contribution is 0.168. The normalized spacial score (nSPS) is 15.9. The quantitative estimate of drug-likeness (QED) is 0.756. The Kier molecular flexibility index (Phi) is 5.48. The van der Waals surface area contributed by atoms with Gasteiger partial charge in [0.05, 0.1) is 18.3 Å². The molecule has 24 heavy (non-hydrogen) atoms. The van der Waals surface area contributed by atoms with Gasteiger partial charge in [0.25, 0.3) is 0 Å². The lowest BCUT2D eigenvalue weighted by Crippen LogP contribution is -2.47. The molecular formula is C18H26N4O2. The summed E-state index contributed by atoms with van der Waals surface area (Å²) in [5, 5.41) is 1.08. The maximum atomic E-state index is 5.32. The summed E-state index contributed by atoms with van der Waals surface area (Å²) in [6.07, 6.45) is 1.09.